The maximum atomic E-state index is 5.46. The fourth-order valence-corrected chi connectivity index (χ4v) is 1.62. The summed E-state index contributed by atoms with van der Waals surface area (Å²) in [6.45, 7) is 3.27. The highest BCUT2D eigenvalue weighted by Gasteiger charge is 2.35. The fraction of sp³-hybridized carbons (Fsp3) is 1.00. The Labute approximate surface area is 54.9 Å². The lowest BCUT2D eigenvalue weighted by Crippen LogP contribution is -2.21. The first-order valence-electron chi connectivity index (χ1n) is 3.45. The van der Waals surface area contributed by atoms with Gasteiger partial charge in [-0.1, -0.05) is 0 Å². The molecule has 0 spiro atoms. The Morgan fingerprint density at radius 1 is 1.56 bits per heavy atom. The minimum absolute atomic E-state index is 0.468. The van der Waals surface area contributed by atoms with Gasteiger partial charge >= 0.3 is 0 Å². The van der Waals surface area contributed by atoms with Crippen molar-refractivity contribution in [3.8, 4) is 0 Å². The molecule has 2 saturated heterocycles. The van der Waals surface area contributed by atoms with E-state index in [4.69, 9.17) is 4.84 Å². The van der Waals surface area contributed by atoms with Crippen LogP contribution < -0.4 is 5.32 Å². The van der Waals surface area contributed by atoms with Crippen molar-refractivity contribution in [1.82, 2.24) is 10.4 Å². The Balaban J connectivity index is 2.02. The molecule has 1 N–H and O–H groups in total. The Morgan fingerprint density at radius 3 is 3.22 bits per heavy atom. The number of hydrogen-bond donors (Lipinski definition) is 1. The summed E-state index contributed by atoms with van der Waals surface area (Å²) in [6, 6.07) is 0. The van der Waals surface area contributed by atoms with Gasteiger partial charge in [0.05, 0.1) is 6.10 Å². The van der Waals surface area contributed by atoms with E-state index in [0.29, 0.717) is 6.10 Å². The predicted octanol–water partition coefficient (Wildman–Crippen LogP) is -0.549. The largest absolute Gasteiger partial charge is 0.314 e. The van der Waals surface area contributed by atoms with E-state index < -0.39 is 0 Å². The van der Waals surface area contributed by atoms with Crippen LogP contribution in [0.15, 0.2) is 0 Å². The number of nitrogens with zero attached hydrogens (tertiary/aromatic N) is 1. The maximum Gasteiger partial charge on any atom is 0.0970 e. The molecule has 0 bridgehead atoms. The van der Waals surface area contributed by atoms with Gasteiger partial charge in [0.2, 0.25) is 0 Å². The summed E-state index contributed by atoms with van der Waals surface area (Å²) in [6.07, 6.45) is 0.468. The maximum absolute atomic E-state index is 5.46. The summed E-state index contributed by atoms with van der Waals surface area (Å²) in [4.78, 5) is 5.46. The first kappa shape index (κ1) is 5.65. The van der Waals surface area contributed by atoms with Gasteiger partial charge in [0.1, 0.15) is 0 Å². The van der Waals surface area contributed by atoms with Crippen molar-refractivity contribution >= 4 is 0 Å². The summed E-state index contributed by atoms with van der Waals surface area (Å²) in [5, 5.41) is 5.23. The third-order valence-corrected chi connectivity index (χ3v) is 2.08. The van der Waals surface area contributed by atoms with Crippen LogP contribution in [0.5, 0.6) is 0 Å². The number of hydrogen-bond acceptors (Lipinski definition) is 3. The SMILES string of the molecule is CN1CC2CNCC2O1. The Hall–Kier alpha value is -0.120. The monoisotopic (exact) mass is 128 g/mol. The molecule has 0 aliphatic carbocycles. The zero-order valence-electron chi connectivity index (χ0n) is 5.63. The minimum atomic E-state index is 0.468. The fourth-order valence-electron chi connectivity index (χ4n) is 1.62. The Kier molecular flexibility index (Phi) is 1.22. The van der Waals surface area contributed by atoms with Crippen LogP contribution in [0.3, 0.4) is 0 Å². The molecule has 2 heterocycles. The van der Waals surface area contributed by atoms with Crippen molar-refractivity contribution in [2.45, 2.75) is 6.10 Å². The number of nitrogens with one attached hydrogen (secondary N) is 1. The lowest BCUT2D eigenvalue weighted by molar-refractivity contribution is -0.123. The van der Waals surface area contributed by atoms with Crippen LogP contribution in [-0.4, -0.2) is 37.8 Å². The van der Waals surface area contributed by atoms with Gasteiger partial charge < -0.3 is 5.32 Å². The van der Waals surface area contributed by atoms with Gasteiger partial charge in [0, 0.05) is 32.6 Å². The molecule has 3 nitrogen and oxygen atoms in total. The van der Waals surface area contributed by atoms with Crippen LogP contribution in [-0.2, 0) is 4.84 Å². The van der Waals surface area contributed by atoms with Crippen LogP contribution in [0.25, 0.3) is 0 Å². The van der Waals surface area contributed by atoms with E-state index in [1.807, 2.05) is 12.1 Å². The van der Waals surface area contributed by atoms with Gasteiger partial charge in [-0.25, -0.2) is 0 Å². The summed E-state index contributed by atoms with van der Waals surface area (Å²) in [7, 11) is 2.00. The first-order valence-corrected chi connectivity index (χ1v) is 3.45. The van der Waals surface area contributed by atoms with E-state index in [9.17, 15) is 0 Å². The lowest BCUT2D eigenvalue weighted by Gasteiger charge is -2.07. The molecule has 0 radical (unpaired) electrons. The molecule has 9 heavy (non-hydrogen) atoms. The molecule has 0 aromatic heterocycles. The zero-order chi connectivity index (χ0) is 6.27. The van der Waals surface area contributed by atoms with E-state index >= 15 is 0 Å². The molecule has 2 fully saturated rings. The summed E-state index contributed by atoms with van der Waals surface area (Å²) in [5.41, 5.74) is 0. The zero-order valence-corrected chi connectivity index (χ0v) is 5.63. The van der Waals surface area contributed by atoms with Crippen LogP contribution in [0.4, 0.5) is 0 Å². The van der Waals surface area contributed by atoms with Gasteiger partial charge in [0.25, 0.3) is 0 Å². The van der Waals surface area contributed by atoms with E-state index in [1.165, 1.54) is 0 Å². The molecule has 0 aromatic carbocycles. The average molecular weight is 128 g/mol. The quantitative estimate of drug-likeness (QED) is 0.474. The molecule has 2 aliphatic rings. The van der Waals surface area contributed by atoms with Crippen LogP contribution in [0.1, 0.15) is 0 Å². The molecular formula is C6H12N2O. The first-order chi connectivity index (χ1) is 4.36. The highest BCUT2D eigenvalue weighted by molar-refractivity contribution is 4.85. The normalized spacial score (nSPS) is 43.7. The predicted molar refractivity (Wildman–Crippen MR) is 33.9 cm³/mol. The molecule has 3 heteroatoms. The third-order valence-electron chi connectivity index (χ3n) is 2.08. The van der Waals surface area contributed by atoms with E-state index in [-0.39, 0.29) is 0 Å². The second-order valence-electron chi connectivity index (χ2n) is 2.87. The second-order valence-corrected chi connectivity index (χ2v) is 2.87. The summed E-state index contributed by atoms with van der Waals surface area (Å²) >= 11 is 0. The summed E-state index contributed by atoms with van der Waals surface area (Å²) < 4.78 is 0. The molecular weight excluding hydrogens is 116 g/mol. The van der Waals surface area contributed by atoms with Crippen molar-refractivity contribution in [2.75, 3.05) is 26.7 Å². The van der Waals surface area contributed by atoms with Crippen molar-refractivity contribution in [2.24, 2.45) is 5.92 Å². The molecule has 2 atom stereocenters. The van der Waals surface area contributed by atoms with Crippen molar-refractivity contribution < 1.29 is 4.84 Å². The van der Waals surface area contributed by atoms with Crippen molar-refractivity contribution in [3.05, 3.63) is 0 Å². The van der Waals surface area contributed by atoms with Crippen molar-refractivity contribution in [3.63, 3.8) is 0 Å². The highest BCUT2D eigenvalue weighted by atomic mass is 16.7. The van der Waals surface area contributed by atoms with Crippen LogP contribution >= 0.6 is 0 Å². The third kappa shape index (κ3) is 0.852. The van der Waals surface area contributed by atoms with Gasteiger partial charge in [-0.15, -0.1) is 0 Å². The molecule has 2 unspecified atom stereocenters. The highest BCUT2D eigenvalue weighted by Crippen LogP contribution is 2.21. The average Bonchev–Trinajstić information content (AvgIpc) is 2.22. The molecule has 52 valence electrons. The standard InChI is InChI=1S/C6H12N2O/c1-8-4-5-2-7-3-6(5)9-8/h5-7H,2-4H2,1H3. The molecule has 2 aliphatic heterocycles. The Morgan fingerprint density at radius 2 is 2.44 bits per heavy atom. The van der Waals surface area contributed by atoms with Gasteiger partial charge in [-0.05, 0) is 0 Å². The molecule has 0 saturated carbocycles. The molecule has 2 rings (SSSR count). The number of fused-ring (bicyclic) bond motifs is 1. The van der Waals surface area contributed by atoms with Crippen molar-refractivity contribution in [1.29, 1.82) is 0 Å². The topological polar surface area (TPSA) is 24.5 Å². The van der Waals surface area contributed by atoms with E-state index in [1.54, 1.807) is 0 Å². The second kappa shape index (κ2) is 1.94. The van der Waals surface area contributed by atoms with E-state index in [0.717, 1.165) is 25.6 Å². The molecule has 0 amide bonds. The lowest BCUT2D eigenvalue weighted by atomic mass is 10.1. The Bertz CT molecular complexity index is 106. The van der Waals surface area contributed by atoms with Gasteiger partial charge in [-0.2, -0.15) is 5.06 Å². The smallest absolute Gasteiger partial charge is 0.0970 e. The van der Waals surface area contributed by atoms with Gasteiger partial charge in [0.15, 0.2) is 0 Å². The molecule has 0 aromatic rings. The van der Waals surface area contributed by atoms with Crippen LogP contribution in [0.2, 0.25) is 0 Å². The number of rotatable bonds is 0. The summed E-state index contributed by atoms with van der Waals surface area (Å²) in [5.74, 6) is 0.745. The number of hydroxylamine groups is 2. The minimum Gasteiger partial charge on any atom is -0.314 e. The van der Waals surface area contributed by atoms with Crippen LogP contribution in [0, 0.1) is 5.92 Å². The van der Waals surface area contributed by atoms with Gasteiger partial charge in [-0.3, -0.25) is 4.84 Å². The van der Waals surface area contributed by atoms with E-state index in [2.05, 4.69) is 5.32 Å².